The maximum absolute atomic E-state index is 11.8. The van der Waals surface area contributed by atoms with Crippen molar-refractivity contribution in [3.05, 3.63) is 11.9 Å². The molecule has 0 aromatic carbocycles. The average molecular weight is 238 g/mol. The summed E-state index contributed by atoms with van der Waals surface area (Å²) in [5.74, 6) is 0.204. The van der Waals surface area contributed by atoms with Crippen molar-refractivity contribution < 1.29 is 9.53 Å². The molecule has 94 valence electrons. The summed E-state index contributed by atoms with van der Waals surface area (Å²) < 4.78 is 6.90. The van der Waals surface area contributed by atoms with Crippen LogP contribution in [0.3, 0.4) is 0 Å². The molecule has 1 unspecified atom stereocenters. The van der Waals surface area contributed by atoms with Crippen LogP contribution in [0.5, 0.6) is 0 Å². The molecule has 0 aliphatic carbocycles. The third-order valence-corrected chi connectivity index (χ3v) is 2.90. The summed E-state index contributed by atoms with van der Waals surface area (Å²) in [5, 5.41) is 6.97. The Morgan fingerprint density at radius 1 is 1.76 bits per heavy atom. The molecule has 1 aliphatic heterocycles. The van der Waals surface area contributed by atoms with E-state index in [1.165, 1.54) is 0 Å². The molecule has 2 heterocycles. The molecule has 6 heteroatoms. The van der Waals surface area contributed by atoms with Gasteiger partial charge in [0.25, 0.3) is 5.91 Å². The minimum absolute atomic E-state index is 0.207. The number of anilines is 1. The number of nitrogen functional groups attached to an aromatic ring is 1. The molecule has 1 fully saturated rings. The van der Waals surface area contributed by atoms with Gasteiger partial charge in [-0.1, -0.05) is 0 Å². The van der Waals surface area contributed by atoms with E-state index in [0.717, 1.165) is 19.6 Å². The van der Waals surface area contributed by atoms with Crippen LogP contribution >= 0.6 is 0 Å². The fourth-order valence-electron chi connectivity index (χ4n) is 1.84. The van der Waals surface area contributed by atoms with Gasteiger partial charge in [0.1, 0.15) is 0 Å². The Labute approximate surface area is 100 Å². The molecular weight excluding hydrogens is 220 g/mol. The van der Waals surface area contributed by atoms with Crippen molar-refractivity contribution in [3.8, 4) is 0 Å². The molecule has 0 radical (unpaired) electrons. The Bertz CT molecular complexity index is 396. The third kappa shape index (κ3) is 2.76. The number of carbonyl (C=O) groups is 1. The average Bonchev–Trinajstić information content (AvgIpc) is 2.94. The quantitative estimate of drug-likeness (QED) is 0.787. The van der Waals surface area contributed by atoms with Crippen molar-refractivity contribution in [1.82, 2.24) is 15.1 Å². The van der Waals surface area contributed by atoms with Gasteiger partial charge in [0.15, 0.2) is 5.69 Å². The van der Waals surface area contributed by atoms with Crippen molar-refractivity contribution in [2.75, 3.05) is 25.5 Å². The summed E-state index contributed by atoms with van der Waals surface area (Å²) in [6.45, 7) is 4.78. The van der Waals surface area contributed by atoms with E-state index in [0.29, 0.717) is 30.4 Å². The molecule has 1 atom stereocenters. The number of nitrogens with two attached hydrogens (primary N) is 1. The minimum atomic E-state index is -0.207. The number of ether oxygens (including phenoxy) is 1. The van der Waals surface area contributed by atoms with Crippen LogP contribution in [-0.4, -0.2) is 35.4 Å². The number of hydrogen-bond donors (Lipinski definition) is 2. The first-order valence-electron chi connectivity index (χ1n) is 5.89. The molecule has 3 N–H and O–H groups in total. The largest absolute Gasteiger partial charge is 0.396 e. The zero-order valence-corrected chi connectivity index (χ0v) is 9.98. The minimum Gasteiger partial charge on any atom is -0.396 e. The maximum Gasteiger partial charge on any atom is 0.273 e. The number of rotatable bonds is 4. The highest BCUT2D eigenvalue weighted by Gasteiger charge is 2.19. The molecule has 0 bridgehead atoms. The fourth-order valence-corrected chi connectivity index (χ4v) is 1.84. The van der Waals surface area contributed by atoms with E-state index in [4.69, 9.17) is 10.5 Å². The van der Waals surface area contributed by atoms with E-state index in [-0.39, 0.29) is 5.91 Å². The smallest absolute Gasteiger partial charge is 0.273 e. The molecule has 0 saturated carbocycles. The SMILES string of the molecule is CCn1cc(N)c(C(=O)NCC2CCOC2)n1. The van der Waals surface area contributed by atoms with Crippen LogP contribution in [0.15, 0.2) is 6.20 Å². The molecular formula is C11H18N4O2. The molecule has 1 saturated heterocycles. The Hall–Kier alpha value is -1.56. The van der Waals surface area contributed by atoms with Gasteiger partial charge in [-0.3, -0.25) is 9.48 Å². The molecule has 1 aromatic heterocycles. The van der Waals surface area contributed by atoms with Crippen LogP contribution in [0.25, 0.3) is 0 Å². The normalized spacial score (nSPS) is 19.5. The van der Waals surface area contributed by atoms with Gasteiger partial charge in [-0.25, -0.2) is 0 Å². The van der Waals surface area contributed by atoms with Gasteiger partial charge in [-0.2, -0.15) is 5.10 Å². The molecule has 2 rings (SSSR count). The predicted molar refractivity (Wildman–Crippen MR) is 63.6 cm³/mol. The number of hydrogen-bond acceptors (Lipinski definition) is 4. The van der Waals surface area contributed by atoms with Gasteiger partial charge in [-0.15, -0.1) is 0 Å². The summed E-state index contributed by atoms with van der Waals surface area (Å²) in [7, 11) is 0. The first-order valence-corrected chi connectivity index (χ1v) is 5.89. The second kappa shape index (κ2) is 5.18. The fraction of sp³-hybridized carbons (Fsp3) is 0.636. The van der Waals surface area contributed by atoms with Crippen LogP contribution in [0.4, 0.5) is 5.69 Å². The zero-order valence-electron chi connectivity index (χ0n) is 9.98. The molecule has 6 nitrogen and oxygen atoms in total. The van der Waals surface area contributed by atoms with Crippen molar-refractivity contribution in [2.45, 2.75) is 19.9 Å². The topological polar surface area (TPSA) is 82.2 Å². The molecule has 0 spiro atoms. The van der Waals surface area contributed by atoms with Gasteiger partial charge in [0, 0.05) is 31.8 Å². The lowest BCUT2D eigenvalue weighted by atomic mass is 10.1. The highest BCUT2D eigenvalue weighted by atomic mass is 16.5. The van der Waals surface area contributed by atoms with E-state index < -0.39 is 0 Å². The van der Waals surface area contributed by atoms with Gasteiger partial charge < -0.3 is 15.8 Å². The lowest BCUT2D eigenvalue weighted by Gasteiger charge is -2.08. The van der Waals surface area contributed by atoms with Crippen molar-refractivity contribution in [3.63, 3.8) is 0 Å². The summed E-state index contributed by atoms with van der Waals surface area (Å²) in [4.78, 5) is 11.8. The predicted octanol–water partition coefficient (Wildman–Crippen LogP) is 0.251. The van der Waals surface area contributed by atoms with E-state index in [9.17, 15) is 4.79 Å². The van der Waals surface area contributed by atoms with Crippen LogP contribution in [0, 0.1) is 5.92 Å². The second-order valence-electron chi connectivity index (χ2n) is 4.23. The van der Waals surface area contributed by atoms with E-state index in [2.05, 4.69) is 10.4 Å². The van der Waals surface area contributed by atoms with E-state index in [1.807, 2.05) is 6.92 Å². The molecule has 17 heavy (non-hydrogen) atoms. The maximum atomic E-state index is 11.8. The summed E-state index contributed by atoms with van der Waals surface area (Å²) in [6.07, 6.45) is 2.67. The van der Waals surface area contributed by atoms with Gasteiger partial charge in [0.2, 0.25) is 0 Å². The zero-order chi connectivity index (χ0) is 12.3. The molecule has 1 aromatic rings. The summed E-state index contributed by atoms with van der Waals surface area (Å²) in [5.41, 5.74) is 6.47. The summed E-state index contributed by atoms with van der Waals surface area (Å²) >= 11 is 0. The van der Waals surface area contributed by atoms with Crippen LogP contribution in [-0.2, 0) is 11.3 Å². The first-order chi connectivity index (χ1) is 8.20. The Balaban J connectivity index is 1.91. The van der Waals surface area contributed by atoms with E-state index in [1.54, 1.807) is 10.9 Å². The Morgan fingerprint density at radius 2 is 2.59 bits per heavy atom. The first kappa shape index (κ1) is 11.9. The summed E-state index contributed by atoms with van der Waals surface area (Å²) in [6, 6.07) is 0. The van der Waals surface area contributed by atoms with Gasteiger partial charge in [-0.05, 0) is 13.3 Å². The number of amides is 1. The number of aryl methyl sites for hydroxylation is 1. The third-order valence-electron chi connectivity index (χ3n) is 2.90. The highest BCUT2D eigenvalue weighted by molar-refractivity contribution is 5.96. The Kier molecular flexibility index (Phi) is 3.63. The highest BCUT2D eigenvalue weighted by Crippen LogP contribution is 2.12. The monoisotopic (exact) mass is 238 g/mol. The molecule has 1 amide bonds. The van der Waals surface area contributed by atoms with Gasteiger partial charge in [0.05, 0.1) is 12.3 Å². The number of nitrogens with zero attached hydrogens (tertiary/aromatic N) is 2. The second-order valence-corrected chi connectivity index (χ2v) is 4.23. The van der Waals surface area contributed by atoms with Crippen LogP contribution < -0.4 is 11.1 Å². The van der Waals surface area contributed by atoms with Crippen LogP contribution in [0.1, 0.15) is 23.8 Å². The number of nitrogens with one attached hydrogen (secondary N) is 1. The van der Waals surface area contributed by atoms with Crippen LogP contribution in [0.2, 0.25) is 0 Å². The van der Waals surface area contributed by atoms with Gasteiger partial charge >= 0.3 is 0 Å². The molecule has 1 aliphatic rings. The van der Waals surface area contributed by atoms with Crippen molar-refractivity contribution >= 4 is 11.6 Å². The van der Waals surface area contributed by atoms with Crippen molar-refractivity contribution in [1.29, 1.82) is 0 Å². The standard InChI is InChI=1S/C11H18N4O2/c1-2-15-6-9(12)10(14-15)11(16)13-5-8-3-4-17-7-8/h6,8H,2-5,7,12H2,1H3,(H,13,16). The van der Waals surface area contributed by atoms with E-state index >= 15 is 0 Å². The number of aromatic nitrogens is 2. The lowest BCUT2D eigenvalue weighted by Crippen LogP contribution is -2.30. The van der Waals surface area contributed by atoms with Crippen molar-refractivity contribution in [2.24, 2.45) is 5.92 Å². The number of carbonyl (C=O) groups excluding carboxylic acids is 1. The lowest BCUT2D eigenvalue weighted by molar-refractivity contribution is 0.0940. The Morgan fingerprint density at radius 3 is 3.18 bits per heavy atom.